The Hall–Kier alpha value is -2.12. The zero-order valence-electron chi connectivity index (χ0n) is 13.0. The predicted octanol–water partition coefficient (Wildman–Crippen LogP) is 0.822. The van der Waals surface area contributed by atoms with Crippen molar-refractivity contribution >= 4 is 18.3 Å². The van der Waals surface area contributed by atoms with Crippen LogP contribution in [-0.2, 0) is 11.3 Å². The molecule has 0 unspecified atom stereocenters. The Bertz CT molecular complexity index is 774. The number of amides is 1. The molecule has 2 N–H and O–H groups in total. The molecule has 24 heavy (non-hydrogen) atoms. The van der Waals surface area contributed by atoms with Crippen LogP contribution in [0.3, 0.4) is 0 Å². The minimum atomic E-state index is -0.470. The van der Waals surface area contributed by atoms with Crippen molar-refractivity contribution in [2.75, 3.05) is 13.1 Å². The van der Waals surface area contributed by atoms with Crippen LogP contribution in [0, 0.1) is 5.92 Å². The average Bonchev–Trinajstić information content (AvgIpc) is 3.08. The number of halogens is 1. The van der Waals surface area contributed by atoms with Crippen molar-refractivity contribution in [2.45, 2.75) is 24.9 Å². The van der Waals surface area contributed by atoms with Crippen molar-refractivity contribution in [3.63, 3.8) is 0 Å². The summed E-state index contributed by atoms with van der Waals surface area (Å²) in [6.45, 7) is 1.96. The standard InChI is InChI=1S/C16H18N4O3.ClH/c21-14-3-1-2-13-11-4-12(8-17-7-11)15(20(13)14)16(22)18-5-10-6-19-23-9-10;/h1-3,6,9,11-12,15,17H,4-5,7-8H2,(H,18,22);1H/t11-,12+,15-;/m1./s1. The van der Waals surface area contributed by atoms with Crippen LogP contribution >= 0.6 is 12.4 Å². The smallest absolute Gasteiger partial charge is 0.251 e. The van der Waals surface area contributed by atoms with Gasteiger partial charge in [0.25, 0.3) is 5.56 Å². The lowest BCUT2D eigenvalue weighted by atomic mass is 9.79. The molecule has 0 aromatic carbocycles. The van der Waals surface area contributed by atoms with E-state index in [0.29, 0.717) is 12.5 Å². The second-order valence-electron chi connectivity index (χ2n) is 6.21. The molecule has 2 aromatic heterocycles. The maximum Gasteiger partial charge on any atom is 0.251 e. The van der Waals surface area contributed by atoms with Gasteiger partial charge >= 0.3 is 0 Å². The Morgan fingerprint density at radius 3 is 3.08 bits per heavy atom. The maximum absolute atomic E-state index is 12.8. The molecule has 7 nitrogen and oxygen atoms in total. The van der Waals surface area contributed by atoms with Gasteiger partial charge in [-0.3, -0.25) is 14.2 Å². The number of carbonyl (C=O) groups is 1. The highest BCUT2D eigenvalue weighted by molar-refractivity contribution is 5.85. The highest BCUT2D eigenvalue weighted by atomic mass is 35.5. The van der Waals surface area contributed by atoms with E-state index in [9.17, 15) is 9.59 Å². The maximum atomic E-state index is 12.8. The Labute approximate surface area is 144 Å². The summed E-state index contributed by atoms with van der Waals surface area (Å²) in [5.41, 5.74) is 1.64. The van der Waals surface area contributed by atoms with Crippen LogP contribution in [0.5, 0.6) is 0 Å². The number of rotatable bonds is 3. The van der Waals surface area contributed by atoms with Crippen molar-refractivity contribution in [1.29, 1.82) is 0 Å². The van der Waals surface area contributed by atoms with Gasteiger partial charge in [-0.1, -0.05) is 11.2 Å². The van der Waals surface area contributed by atoms with Crippen molar-refractivity contribution in [2.24, 2.45) is 5.92 Å². The molecule has 2 bridgehead atoms. The minimum absolute atomic E-state index is 0. The molecule has 2 aliphatic heterocycles. The number of nitrogens with zero attached hydrogens (tertiary/aromatic N) is 2. The first-order valence-electron chi connectivity index (χ1n) is 7.82. The summed E-state index contributed by atoms with van der Waals surface area (Å²) in [6.07, 6.45) is 4.00. The first kappa shape index (κ1) is 16.7. The van der Waals surface area contributed by atoms with Gasteiger partial charge in [-0.2, -0.15) is 0 Å². The highest BCUT2D eigenvalue weighted by Gasteiger charge is 2.41. The van der Waals surface area contributed by atoms with E-state index in [1.165, 1.54) is 12.3 Å². The van der Waals surface area contributed by atoms with Crippen LogP contribution in [0.25, 0.3) is 0 Å². The molecule has 4 rings (SSSR count). The molecule has 0 aliphatic carbocycles. The molecule has 1 amide bonds. The van der Waals surface area contributed by atoms with Gasteiger partial charge in [-0.05, 0) is 12.5 Å². The fraction of sp³-hybridized carbons (Fsp3) is 0.438. The highest BCUT2D eigenvalue weighted by Crippen LogP contribution is 2.38. The molecule has 4 heterocycles. The largest absolute Gasteiger partial charge is 0.364 e. The third kappa shape index (κ3) is 2.85. The lowest BCUT2D eigenvalue weighted by Crippen LogP contribution is -2.52. The van der Waals surface area contributed by atoms with Gasteiger partial charge in [-0.25, -0.2) is 0 Å². The van der Waals surface area contributed by atoms with Gasteiger partial charge in [0.05, 0.1) is 6.20 Å². The fourth-order valence-electron chi connectivity index (χ4n) is 3.74. The third-order valence-electron chi connectivity index (χ3n) is 4.77. The number of pyridine rings is 1. The summed E-state index contributed by atoms with van der Waals surface area (Å²) >= 11 is 0. The van der Waals surface area contributed by atoms with E-state index < -0.39 is 6.04 Å². The molecule has 3 atom stereocenters. The Kier molecular flexibility index (Phi) is 4.73. The van der Waals surface area contributed by atoms with Crippen molar-refractivity contribution in [1.82, 2.24) is 20.4 Å². The molecule has 0 radical (unpaired) electrons. The van der Waals surface area contributed by atoms with Crippen molar-refractivity contribution in [3.8, 4) is 0 Å². The number of nitrogens with one attached hydrogen (secondary N) is 2. The van der Waals surface area contributed by atoms with Crippen LogP contribution in [-0.4, -0.2) is 28.7 Å². The Morgan fingerprint density at radius 1 is 1.42 bits per heavy atom. The molecule has 2 aliphatic rings. The Morgan fingerprint density at radius 2 is 2.29 bits per heavy atom. The van der Waals surface area contributed by atoms with E-state index in [2.05, 4.69) is 15.8 Å². The normalized spacial score (nSPS) is 24.6. The van der Waals surface area contributed by atoms with E-state index in [1.807, 2.05) is 6.07 Å². The van der Waals surface area contributed by atoms with E-state index in [4.69, 9.17) is 4.52 Å². The van der Waals surface area contributed by atoms with Gasteiger partial charge in [-0.15, -0.1) is 12.4 Å². The predicted molar refractivity (Wildman–Crippen MR) is 89.1 cm³/mol. The number of piperidine rings is 1. The average molecular weight is 351 g/mol. The zero-order chi connectivity index (χ0) is 15.8. The monoisotopic (exact) mass is 350 g/mol. The molecule has 1 fully saturated rings. The van der Waals surface area contributed by atoms with Gasteiger partial charge in [0.2, 0.25) is 5.91 Å². The molecule has 8 heteroatoms. The molecule has 0 saturated carbocycles. The summed E-state index contributed by atoms with van der Waals surface area (Å²) in [5, 5.41) is 9.90. The quantitative estimate of drug-likeness (QED) is 0.855. The zero-order valence-corrected chi connectivity index (χ0v) is 13.8. The number of carbonyl (C=O) groups excluding carboxylic acids is 1. The molecule has 1 saturated heterocycles. The lowest BCUT2D eigenvalue weighted by Gasteiger charge is -2.42. The Balaban J connectivity index is 0.00000169. The lowest BCUT2D eigenvalue weighted by molar-refractivity contribution is -0.127. The molecular weight excluding hydrogens is 332 g/mol. The number of aromatic nitrogens is 2. The topological polar surface area (TPSA) is 89.2 Å². The van der Waals surface area contributed by atoms with Gasteiger partial charge in [0, 0.05) is 48.8 Å². The number of fused-ring (bicyclic) bond motifs is 4. The van der Waals surface area contributed by atoms with E-state index in [-0.39, 0.29) is 29.8 Å². The van der Waals surface area contributed by atoms with Crippen LogP contribution in [0.1, 0.15) is 29.6 Å². The first-order chi connectivity index (χ1) is 11.2. The fourth-order valence-corrected chi connectivity index (χ4v) is 3.74. The van der Waals surface area contributed by atoms with E-state index in [1.54, 1.807) is 16.8 Å². The van der Waals surface area contributed by atoms with Crippen LogP contribution in [0.2, 0.25) is 0 Å². The third-order valence-corrected chi connectivity index (χ3v) is 4.77. The number of hydrogen-bond acceptors (Lipinski definition) is 5. The van der Waals surface area contributed by atoms with E-state index in [0.717, 1.165) is 30.8 Å². The van der Waals surface area contributed by atoms with Crippen LogP contribution in [0.4, 0.5) is 0 Å². The second-order valence-corrected chi connectivity index (χ2v) is 6.21. The van der Waals surface area contributed by atoms with E-state index >= 15 is 0 Å². The molecule has 0 spiro atoms. The van der Waals surface area contributed by atoms with Gasteiger partial charge < -0.3 is 15.2 Å². The van der Waals surface area contributed by atoms with Gasteiger partial charge in [0.15, 0.2) is 0 Å². The molecular formula is C16H19ClN4O3. The minimum Gasteiger partial charge on any atom is -0.364 e. The molecule has 2 aromatic rings. The molecule has 128 valence electrons. The van der Waals surface area contributed by atoms with Crippen LogP contribution in [0.15, 0.2) is 40.0 Å². The summed E-state index contributed by atoms with van der Waals surface area (Å²) in [6, 6.07) is 4.78. The van der Waals surface area contributed by atoms with Gasteiger partial charge in [0.1, 0.15) is 12.3 Å². The van der Waals surface area contributed by atoms with Crippen molar-refractivity contribution in [3.05, 3.63) is 52.3 Å². The second kappa shape index (κ2) is 6.78. The summed E-state index contributed by atoms with van der Waals surface area (Å²) in [5.74, 6) is 0.293. The first-order valence-corrected chi connectivity index (χ1v) is 7.82. The summed E-state index contributed by atoms with van der Waals surface area (Å²) < 4.78 is 6.45. The van der Waals surface area contributed by atoms with Crippen LogP contribution < -0.4 is 16.2 Å². The van der Waals surface area contributed by atoms with Crippen molar-refractivity contribution < 1.29 is 9.32 Å². The summed E-state index contributed by atoms with van der Waals surface area (Å²) in [7, 11) is 0. The summed E-state index contributed by atoms with van der Waals surface area (Å²) in [4.78, 5) is 25.1. The SMILES string of the molecule is Cl.O=C(NCc1cnoc1)[C@H]1[C@@H]2CNC[C@@H](C2)c2cccc(=O)n21. The number of hydrogen-bond donors (Lipinski definition) is 2.